The third-order valence-electron chi connectivity index (χ3n) is 4.26. The topological polar surface area (TPSA) is 123 Å². The van der Waals surface area contributed by atoms with Crippen molar-refractivity contribution < 1.29 is 9.59 Å². The predicted octanol–water partition coefficient (Wildman–Crippen LogP) is 3.48. The molecule has 0 saturated heterocycles. The Balaban J connectivity index is 1.53. The first-order valence-corrected chi connectivity index (χ1v) is 9.52. The maximum atomic E-state index is 12.6. The van der Waals surface area contributed by atoms with E-state index in [2.05, 4.69) is 25.6 Å². The molecule has 0 fully saturated rings. The van der Waals surface area contributed by atoms with Crippen molar-refractivity contribution >= 4 is 50.7 Å². The highest BCUT2D eigenvalue weighted by atomic mass is 32.1. The fourth-order valence-electron chi connectivity index (χ4n) is 2.74. The van der Waals surface area contributed by atoms with Gasteiger partial charge >= 0.3 is 0 Å². The van der Waals surface area contributed by atoms with Crippen LogP contribution in [0, 0.1) is 6.92 Å². The van der Waals surface area contributed by atoms with E-state index in [-0.39, 0.29) is 17.8 Å². The zero-order valence-electron chi connectivity index (χ0n) is 15.3. The molecule has 2 aromatic carbocycles. The van der Waals surface area contributed by atoms with Crippen LogP contribution in [0.4, 0.5) is 17.3 Å². The van der Waals surface area contributed by atoms with Crippen LogP contribution in [-0.4, -0.2) is 26.8 Å². The van der Waals surface area contributed by atoms with Gasteiger partial charge < -0.3 is 16.4 Å². The monoisotopic (exact) mass is 404 g/mol. The van der Waals surface area contributed by atoms with Gasteiger partial charge in [-0.15, -0.1) is 11.3 Å². The summed E-state index contributed by atoms with van der Waals surface area (Å²) in [6.07, 6.45) is 2.85. The summed E-state index contributed by atoms with van der Waals surface area (Å²) in [5.41, 5.74) is 10.7. The van der Waals surface area contributed by atoms with Crippen molar-refractivity contribution in [1.82, 2.24) is 15.0 Å². The van der Waals surface area contributed by atoms with E-state index in [4.69, 9.17) is 5.73 Å². The van der Waals surface area contributed by atoms with Crippen LogP contribution in [0.2, 0.25) is 0 Å². The molecule has 0 atom stereocenters. The number of rotatable bonds is 4. The lowest BCUT2D eigenvalue weighted by Gasteiger charge is -2.11. The average Bonchev–Trinajstić information content (AvgIpc) is 3.19. The van der Waals surface area contributed by atoms with E-state index in [0.29, 0.717) is 22.5 Å². The number of nitrogen functional groups attached to an aromatic ring is 1. The molecule has 2 heterocycles. The number of carbonyl (C=O) groups excluding carboxylic acids is 2. The third-order valence-corrected chi connectivity index (χ3v) is 5.05. The van der Waals surface area contributed by atoms with Gasteiger partial charge in [0.25, 0.3) is 11.8 Å². The highest BCUT2D eigenvalue weighted by Gasteiger charge is 2.13. The minimum atomic E-state index is -0.335. The number of amides is 2. The van der Waals surface area contributed by atoms with E-state index in [1.165, 1.54) is 23.7 Å². The first-order valence-electron chi connectivity index (χ1n) is 8.64. The Morgan fingerprint density at radius 3 is 2.48 bits per heavy atom. The van der Waals surface area contributed by atoms with Gasteiger partial charge in [-0.05, 0) is 42.8 Å². The van der Waals surface area contributed by atoms with Crippen LogP contribution in [0.25, 0.3) is 10.2 Å². The number of nitrogens with one attached hydrogen (secondary N) is 2. The van der Waals surface area contributed by atoms with Gasteiger partial charge in [-0.25, -0.2) is 15.0 Å². The Morgan fingerprint density at radius 1 is 0.931 bits per heavy atom. The molecule has 0 bridgehead atoms. The number of thiazole rings is 1. The molecule has 0 radical (unpaired) electrons. The quantitative estimate of drug-likeness (QED) is 0.478. The van der Waals surface area contributed by atoms with Crippen molar-refractivity contribution in [3.63, 3.8) is 0 Å². The molecule has 0 aliphatic heterocycles. The Morgan fingerprint density at radius 2 is 1.69 bits per heavy atom. The molecule has 8 nitrogen and oxygen atoms in total. The normalized spacial score (nSPS) is 10.7. The van der Waals surface area contributed by atoms with E-state index in [1.807, 2.05) is 13.0 Å². The Labute approximate surface area is 169 Å². The van der Waals surface area contributed by atoms with E-state index in [9.17, 15) is 9.59 Å². The van der Waals surface area contributed by atoms with Crippen LogP contribution in [0.3, 0.4) is 0 Å². The van der Waals surface area contributed by atoms with Crippen molar-refractivity contribution in [3.05, 3.63) is 71.0 Å². The Bertz CT molecular complexity index is 1220. The second kappa shape index (κ2) is 7.64. The molecule has 4 rings (SSSR count). The smallest absolute Gasteiger partial charge is 0.256 e. The summed E-state index contributed by atoms with van der Waals surface area (Å²) >= 11 is 1.47. The maximum absolute atomic E-state index is 12.6. The zero-order chi connectivity index (χ0) is 20.4. The number of nitrogens with zero attached hydrogens (tertiary/aromatic N) is 3. The van der Waals surface area contributed by atoms with Crippen LogP contribution in [0.1, 0.15) is 26.3 Å². The van der Waals surface area contributed by atoms with Gasteiger partial charge in [-0.1, -0.05) is 6.07 Å². The van der Waals surface area contributed by atoms with Gasteiger partial charge in [0.1, 0.15) is 0 Å². The zero-order valence-corrected chi connectivity index (χ0v) is 16.2. The second-order valence-corrected chi connectivity index (χ2v) is 7.19. The summed E-state index contributed by atoms with van der Waals surface area (Å²) in [5.74, 6) is -0.471. The number of fused-ring (bicyclic) bond motifs is 1. The molecule has 144 valence electrons. The summed E-state index contributed by atoms with van der Waals surface area (Å²) in [6.45, 7) is 1.82. The lowest BCUT2D eigenvalue weighted by atomic mass is 10.1. The van der Waals surface area contributed by atoms with E-state index in [1.54, 1.807) is 35.8 Å². The van der Waals surface area contributed by atoms with Gasteiger partial charge in [0.05, 0.1) is 33.8 Å². The second-order valence-electron chi connectivity index (χ2n) is 6.30. The molecule has 2 amide bonds. The predicted molar refractivity (Wildman–Crippen MR) is 113 cm³/mol. The number of nitrogens with two attached hydrogens (primary N) is 1. The molecule has 0 aliphatic rings. The van der Waals surface area contributed by atoms with Crippen molar-refractivity contribution in [2.24, 2.45) is 0 Å². The summed E-state index contributed by atoms with van der Waals surface area (Å²) in [7, 11) is 0. The molecule has 2 aromatic heterocycles. The lowest BCUT2D eigenvalue weighted by molar-refractivity contribution is 0.101. The number of hydrogen-bond donors (Lipinski definition) is 3. The lowest BCUT2D eigenvalue weighted by Crippen LogP contribution is -2.16. The molecule has 0 spiro atoms. The van der Waals surface area contributed by atoms with Crippen molar-refractivity contribution in [1.29, 1.82) is 0 Å². The number of benzene rings is 2. The largest absolute Gasteiger partial charge is 0.368 e. The SMILES string of the molecule is Cc1ccc(NC(=O)c2ccc3ncsc3c2)cc1C(=O)Nc1cnc(N)nc1. The fraction of sp³-hybridized carbons (Fsp3) is 0.0500. The minimum Gasteiger partial charge on any atom is -0.368 e. The molecule has 0 saturated carbocycles. The number of aryl methyl sites for hydroxylation is 1. The fourth-order valence-corrected chi connectivity index (χ4v) is 3.46. The Hall–Kier alpha value is -3.85. The van der Waals surface area contributed by atoms with Crippen molar-refractivity contribution in [3.8, 4) is 0 Å². The summed E-state index contributed by atoms with van der Waals surface area (Å²) in [4.78, 5) is 37.1. The molecular formula is C20H16N6O2S. The molecule has 29 heavy (non-hydrogen) atoms. The molecule has 4 aromatic rings. The first-order chi connectivity index (χ1) is 14.0. The number of anilines is 3. The highest BCUT2D eigenvalue weighted by Crippen LogP contribution is 2.21. The molecule has 0 aliphatic carbocycles. The summed E-state index contributed by atoms with van der Waals surface area (Å²) in [6, 6.07) is 10.5. The summed E-state index contributed by atoms with van der Waals surface area (Å²) < 4.78 is 0.937. The van der Waals surface area contributed by atoms with Crippen LogP contribution < -0.4 is 16.4 Å². The van der Waals surface area contributed by atoms with Crippen molar-refractivity contribution in [2.45, 2.75) is 6.92 Å². The Kier molecular flexibility index (Phi) is 4.88. The van der Waals surface area contributed by atoms with Gasteiger partial charge in [0.2, 0.25) is 5.95 Å². The van der Waals surface area contributed by atoms with E-state index < -0.39 is 0 Å². The van der Waals surface area contributed by atoms with Gasteiger partial charge in [0, 0.05) is 16.8 Å². The van der Waals surface area contributed by atoms with Crippen molar-refractivity contribution in [2.75, 3.05) is 16.4 Å². The first kappa shape index (κ1) is 18.5. The van der Waals surface area contributed by atoms with Crippen LogP contribution >= 0.6 is 11.3 Å². The van der Waals surface area contributed by atoms with Gasteiger partial charge in [0.15, 0.2) is 0 Å². The highest BCUT2D eigenvalue weighted by molar-refractivity contribution is 7.16. The van der Waals surface area contributed by atoms with Crippen LogP contribution in [-0.2, 0) is 0 Å². The molecular weight excluding hydrogens is 388 g/mol. The van der Waals surface area contributed by atoms with Crippen LogP contribution in [0.15, 0.2) is 54.3 Å². The van der Waals surface area contributed by atoms with Gasteiger partial charge in [-0.2, -0.15) is 0 Å². The van der Waals surface area contributed by atoms with Crippen LogP contribution in [0.5, 0.6) is 0 Å². The number of aromatic nitrogens is 3. The molecule has 4 N–H and O–H groups in total. The standard InChI is InChI=1S/C20H16N6O2S/c1-11-2-4-13(7-15(11)19(28)26-14-8-22-20(21)23-9-14)25-18(27)12-3-5-16-17(6-12)29-10-24-16/h2-10H,1H3,(H,25,27)(H,26,28)(H2,21,22,23). The van der Waals surface area contributed by atoms with Gasteiger partial charge in [-0.3, -0.25) is 9.59 Å². The number of hydrogen-bond acceptors (Lipinski definition) is 7. The maximum Gasteiger partial charge on any atom is 0.256 e. The molecule has 0 unspecified atom stereocenters. The minimum absolute atomic E-state index is 0.125. The average molecular weight is 404 g/mol. The molecule has 9 heteroatoms. The summed E-state index contributed by atoms with van der Waals surface area (Å²) in [5, 5.41) is 5.55. The third kappa shape index (κ3) is 4.04. The van der Waals surface area contributed by atoms with E-state index in [0.717, 1.165) is 15.8 Å². The number of carbonyl (C=O) groups is 2. The van der Waals surface area contributed by atoms with E-state index >= 15 is 0 Å².